The first-order chi connectivity index (χ1) is 13.9. The van der Waals surface area contributed by atoms with Gasteiger partial charge in [0.2, 0.25) is 5.91 Å². The second-order valence-electron chi connectivity index (χ2n) is 8.13. The summed E-state index contributed by atoms with van der Waals surface area (Å²) in [6.45, 7) is 0. The molecule has 1 saturated heterocycles. The van der Waals surface area contributed by atoms with Gasteiger partial charge in [0.15, 0.2) is 5.17 Å². The van der Waals surface area contributed by atoms with Crippen molar-refractivity contribution in [2.24, 2.45) is 4.99 Å². The molecule has 0 aromatic heterocycles. The van der Waals surface area contributed by atoms with Crippen molar-refractivity contribution in [1.29, 1.82) is 0 Å². The van der Waals surface area contributed by atoms with Crippen LogP contribution < -0.4 is 5.32 Å². The van der Waals surface area contributed by atoms with Crippen molar-refractivity contribution in [2.75, 3.05) is 11.1 Å². The van der Waals surface area contributed by atoms with Crippen LogP contribution in [-0.4, -0.2) is 39.9 Å². The zero-order valence-electron chi connectivity index (χ0n) is 16.7. The van der Waals surface area contributed by atoms with Gasteiger partial charge in [-0.2, -0.15) is 13.2 Å². The van der Waals surface area contributed by atoms with Crippen LogP contribution in [-0.2, 0) is 11.0 Å². The lowest BCUT2D eigenvalue weighted by Gasteiger charge is -2.27. The number of hydrogen-bond donors (Lipinski definition) is 1. The Morgan fingerprint density at radius 3 is 2.37 bits per heavy atom. The fraction of sp³-hybridized carbons (Fsp3) is 0.619. The Bertz CT molecular complexity index is 762. The molecule has 0 spiro atoms. The van der Waals surface area contributed by atoms with Crippen LogP contribution in [0.2, 0.25) is 0 Å². The van der Waals surface area contributed by atoms with Gasteiger partial charge >= 0.3 is 6.18 Å². The van der Waals surface area contributed by atoms with E-state index in [0.717, 1.165) is 48.7 Å². The van der Waals surface area contributed by atoms with Gasteiger partial charge in [-0.3, -0.25) is 9.79 Å². The Kier molecular flexibility index (Phi) is 7.61. The lowest BCUT2D eigenvalue weighted by Crippen LogP contribution is -2.39. The van der Waals surface area contributed by atoms with E-state index in [1.807, 2.05) is 0 Å². The van der Waals surface area contributed by atoms with Crippen molar-refractivity contribution in [3.05, 3.63) is 29.8 Å². The smallest absolute Gasteiger partial charge is 0.344 e. The second kappa shape index (κ2) is 9.81. The van der Waals surface area contributed by atoms with Crippen LogP contribution >= 0.6 is 24.2 Å². The molecule has 9 heteroatoms. The fourth-order valence-electron chi connectivity index (χ4n) is 4.08. The van der Waals surface area contributed by atoms with Crippen LogP contribution in [0.25, 0.3) is 0 Å². The van der Waals surface area contributed by atoms with E-state index in [1.165, 1.54) is 31.4 Å². The van der Waals surface area contributed by atoms with E-state index >= 15 is 0 Å². The molecular weight excluding hydrogens is 435 g/mol. The van der Waals surface area contributed by atoms with Gasteiger partial charge in [0.25, 0.3) is 0 Å². The highest BCUT2D eigenvalue weighted by atomic mass is 35.5. The van der Waals surface area contributed by atoms with E-state index in [2.05, 4.69) is 10.2 Å². The quantitative estimate of drug-likeness (QED) is 0.609. The molecule has 2 saturated carbocycles. The standard InChI is InChI=1S/C21H26F3N3OS.ClH/c22-21(23,24)14-6-8-16(9-7-14)25-19(28)12-18-13-29-20(27(18)17-10-11-17)26-15-4-2-1-3-5-15;/h6-9,15,17-18H,1-5,10-13H2,(H,25,28);1H. The molecule has 1 heterocycles. The number of rotatable bonds is 5. The average Bonchev–Trinajstić information content (AvgIpc) is 3.45. The van der Waals surface area contributed by atoms with Crippen LogP contribution in [0.4, 0.5) is 18.9 Å². The third kappa shape index (κ3) is 5.84. The first-order valence-electron chi connectivity index (χ1n) is 10.4. The van der Waals surface area contributed by atoms with Crippen molar-refractivity contribution in [1.82, 2.24) is 4.90 Å². The Morgan fingerprint density at radius 1 is 1.10 bits per heavy atom. The van der Waals surface area contributed by atoms with Gasteiger partial charge in [-0.1, -0.05) is 31.0 Å². The van der Waals surface area contributed by atoms with Gasteiger partial charge in [0.1, 0.15) is 0 Å². The molecule has 3 aliphatic rings. The summed E-state index contributed by atoms with van der Waals surface area (Å²) in [5.74, 6) is 0.669. The summed E-state index contributed by atoms with van der Waals surface area (Å²) in [5.41, 5.74) is -0.325. The van der Waals surface area contributed by atoms with Crippen LogP contribution in [0, 0.1) is 0 Å². The molecule has 1 aliphatic heterocycles. The van der Waals surface area contributed by atoms with Crippen LogP contribution in [0.3, 0.4) is 0 Å². The molecule has 1 N–H and O–H groups in total. The summed E-state index contributed by atoms with van der Waals surface area (Å²) in [7, 11) is 0. The highest BCUT2D eigenvalue weighted by Gasteiger charge is 2.41. The van der Waals surface area contributed by atoms with Crippen LogP contribution in [0.15, 0.2) is 29.3 Å². The van der Waals surface area contributed by atoms with E-state index in [-0.39, 0.29) is 24.4 Å². The SMILES string of the molecule is Cl.O=C(CC1CSC(=NC2CCCCC2)N1C1CC1)Nc1ccc(C(F)(F)F)cc1. The minimum atomic E-state index is -4.37. The third-order valence-corrected chi connectivity index (χ3v) is 6.87. The van der Waals surface area contributed by atoms with Crippen molar-refractivity contribution >= 4 is 40.9 Å². The van der Waals surface area contributed by atoms with E-state index < -0.39 is 11.7 Å². The molecule has 0 radical (unpaired) electrons. The maximum absolute atomic E-state index is 12.7. The number of carbonyl (C=O) groups excluding carboxylic acids is 1. The monoisotopic (exact) mass is 461 g/mol. The lowest BCUT2D eigenvalue weighted by atomic mass is 9.96. The van der Waals surface area contributed by atoms with Crippen molar-refractivity contribution < 1.29 is 18.0 Å². The zero-order valence-corrected chi connectivity index (χ0v) is 18.3. The molecule has 4 rings (SSSR count). The van der Waals surface area contributed by atoms with Crippen LogP contribution in [0.5, 0.6) is 0 Å². The number of aliphatic imine (C=N–C) groups is 1. The van der Waals surface area contributed by atoms with Crippen molar-refractivity contribution in [2.45, 2.75) is 75.7 Å². The Hall–Kier alpha value is -1.41. The second-order valence-corrected chi connectivity index (χ2v) is 9.12. The lowest BCUT2D eigenvalue weighted by molar-refractivity contribution is -0.137. The number of amidine groups is 1. The first-order valence-corrected chi connectivity index (χ1v) is 11.3. The summed E-state index contributed by atoms with van der Waals surface area (Å²) in [6.07, 6.45) is 4.33. The number of nitrogens with zero attached hydrogens (tertiary/aromatic N) is 2. The number of amides is 1. The molecule has 2 aliphatic carbocycles. The molecule has 1 aromatic rings. The average molecular weight is 462 g/mol. The highest BCUT2D eigenvalue weighted by molar-refractivity contribution is 8.14. The summed E-state index contributed by atoms with van der Waals surface area (Å²) >= 11 is 1.74. The number of anilines is 1. The largest absolute Gasteiger partial charge is 0.416 e. The topological polar surface area (TPSA) is 44.7 Å². The van der Waals surface area contributed by atoms with Gasteiger partial charge in [-0.15, -0.1) is 12.4 Å². The number of nitrogens with one attached hydrogen (secondary N) is 1. The Morgan fingerprint density at radius 2 is 1.77 bits per heavy atom. The molecule has 4 nitrogen and oxygen atoms in total. The molecular formula is C21H27ClF3N3OS. The van der Waals surface area contributed by atoms with Gasteiger partial charge in [-0.25, -0.2) is 0 Å². The minimum Gasteiger partial charge on any atom is -0.344 e. The molecule has 1 unspecified atom stereocenters. The normalized spacial score (nSPS) is 24.0. The molecule has 1 aromatic carbocycles. The Labute approximate surface area is 185 Å². The molecule has 166 valence electrons. The van der Waals surface area contributed by atoms with E-state index in [4.69, 9.17) is 4.99 Å². The number of alkyl halides is 3. The number of hydrogen-bond acceptors (Lipinski definition) is 3. The molecule has 1 atom stereocenters. The minimum absolute atomic E-state index is 0. The van der Waals surface area contributed by atoms with E-state index in [1.54, 1.807) is 11.8 Å². The van der Waals surface area contributed by atoms with Crippen LogP contribution in [0.1, 0.15) is 56.9 Å². The first kappa shape index (κ1) is 23.3. The van der Waals surface area contributed by atoms with E-state index in [0.29, 0.717) is 24.2 Å². The van der Waals surface area contributed by atoms with Gasteiger partial charge in [0, 0.05) is 29.9 Å². The molecule has 0 bridgehead atoms. The number of thioether (sulfide) groups is 1. The maximum atomic E-state index is 12.7. The predicted octanol–water partition coefficient (Wildman–Crippen LogP) is 5.72. The third-order valence-electron chi connectivity index (χ3n) is 5.74. The van der Waals surface area contributed by atoms with Crippen molar-refractivity contribution in [3.63, 3.8) is 0 Å². The Balaban J connectivity index is 0.00000256. The summed E-state index contributed by atoms with van der Waals surface area (Å²) in [6, 6.07) is 5.59. The summed E-state index contributed by atoms with van der Waals surface area (Å²) < 4.78 is 38.0. The number of halogens is 4. The van der Waals surface area contributed by atoms with Crippen molar-refractivity contribution in [3.8, 4) is 0 Å². The summed E-state index contributed by atoms with van der Waals surface area (Å²) in [4.78, 5) is 19.9. The van der Waals surface area contributed by atoms with Gasteiger partial charge in [0.05, 0.1) is 11.6 Å². The number of benzene rings is 1. The summed E-state index contributed by atoms with van der Waals surface area (Å²) in [5, 5.41) is 3.83. The highest BCUT2D eigenvalue weighted by Crippen LogP contribution is 2.38. The van der Waals surface area contributed by atoms with E-state index in [9.17, 15) is 18.0 Å². The van der Waals surface area contributed by atoms with Gasteiger partial charge in [-0.05, 0) is 49.9 Å². The van der Waals surface area contributed by atoms with Gasteiger partial charge < -0.3 is 10.2 Å². The fourth-order valence-corrected chi connectivity index (χ4v) is 5.38. The molecule has 3 fully saturated rings. The predicted molar refractivity (Wildman–Crippen MR) is 117 cm³/mol. The molecule has 30 heavy (non-hydrogen) atoms. The molecule has 1 amide bonds. The number of carbonyl (C=O) groups is 1. The maximum Gasteiger partial charge on any atom is 0.416 e. The zero-order chi connectivity index (χ0) is 20.4.